The number of hydrogen-bond donors (Lipinski definition) is 3. The fraction of sp³-hybridized carbons (Fsp3) is 0.0909. The highest BCUT2D eigenvalue weighted by molar-refractivity contribution is 7.90. The summed E-state index contributed by atoms with van der Waals surface area (Å²) in [6, 6.07) is 5.84. The van der Waals surface area contributed by atoms with Crippen LogP contribution < -0.4 is 11.1 Å². The highest BCUT2D eigenvalue weighted by atomic mass is 32.2. The summed E-state index contributed by atoms with van der Waals surface area (Å²) < 4.78 is 22.6. The van der Waals surface area contributed by atoms with E-state index >= 15 is 0 Å². The molecule has 0 fully saturated rings. The lowest BCUT2D eigenvalue weighted by Gasteiger charge is -2.05. The molecule has 0 saturated carbocycles. The molecule has 0 bridgehead atoms. The molecule has 2 rings (SSSR count). The Morgan fingerprint density at radius 2 is 1.95 bits per heavy atom. The van der Waals surface area contributed by atoms with E-state index in [-0.39, 0.29) is 16.3 Å². The lowest BCUT2D eigenvalue weighted by molar-refractivity contribution is 0.102. The molecular formula is C11H12N4O3S. The molecule has 0 saturated heterocycles. The first-order chi connectivity index (χ1) is 8.88. The Labute approximate surface area is 109 Å². The number of anilines is 2. The standard InChI is InChI=1S/C11H12N4O3S/c1-19(17,18)8-4-2-7(3-5-8)14-11(16)10-9(12)6-13-15-10/h2-6H,12H2,1H3,(H,13,15)(H,14,16). The van der Waals surface area contributed by atoms with Gasteiger partial charge in [-0.15, -0.1) is 0 Å². The number of hydrogen-bond acceptors (Lipinski definition) is 5. The molecule has 8 heteroatoms. The number of aromatic nitrogens is 2. The van der Waals surface area contributed by atoms with Crippen LogP contribution in [0.3, 0.4) is 0 Å². The van der Waals surface area contributed by atoms with Crippen LogP contribution in [0.4, 0.5) is 11.4 Å². The maximum absolute atomic E-state index is 11.8. The zero-order valence-corrected chi connectivity index (χ0v) is 10.9. The van der Waals surface area contributed by atoms with E-state index in [1.54, 1.807) is 0 Å². The second-order valence-electron chi connectivity index (χ2n) is 3.95. The third-order valence-corrected chi connectivity index (χ3v) is 3.56. The fourth-order valence-corrected chi connectivity index (χ4v) is 2.09. The van der Waals surface area contributed by atoms with Gasteiger partial charge in [-0.05, 0) is 24.3 Å². The van der Waals surface area contributed by atoms with Crippen LogP contribution in [0.15, 0.2) is 35.4 Å². The van der Waals surface area contributed by atoms with Gasteiger partial charge in [-0.2, -0.15) is 5.10 Å². The highest BCUT2D eigenvalue weighted by Crippen LogP contribution is 2.15. The molecule has 0 aliphatic heterocycles. The van der Waals surface area contributed by atoms with Crippen molar-refractivity contribution in [3.05, 3.63) is 36.2 Å². The number of H-pyrrole nitrogens is 1. The summed E-state index contributed by atoms with van der Waals surface area (Å²) in [6.45, 7) is 0. The third kappa shape index (κ3) is 2.91. The minimum Gasteiger partial charge on any atom is -0.396 e. The average molecular weight is 280 g/mol. The Hall–Kier alpha value is -2.35. The topological polar surface area (TPSA) is 118 Å². The number of carbonyl (C=O) groups is 1. The molecule has 1 aromatic heterocycles. The Morgan fingerprint density at radius 1 is 1.32 bits per heavy atom. The van der Waals surface area contributed by atoms with E-state index in [9.17, 15) is 13.2 Å². The Bertz CT molecular complexity index is 704. The van der Waals surface area contributed by atoms with E-state index in [0.29, 0.717) is 5.69 Å². The van der Waals surface area contributed by atoms with Gasteiger partial charge in [0.25, 0.3) is 5.91 Å². The molecule has 0 aliphatic rings. The first-order valence-corrected chi connectivity index (χ1v) is 7.17. The number of carbonyl (C=O) groups excluding carboxylic acids is 1. The average Bonchev–Trinajstić information content (AvgIpc) is 2.75. The van der Waals surface area contributed by atoms with Crippen molar-refractivity contribution in [3.8, 4) is 0 Å². The van der Waals surface area contributed by atoms with Crippen LogP contribution in [-0.2, 0) is 9.84 Å². The first kappa shape index (κ1) is 13.1. The van der Waals surface area contributed by atoms with Gasteiger partial charge in [0.15, 0.2) is 9.84 Å². The summed E-state index contributed by atoms with van der Waals surface area (Å²) >= 11 is 0. The SMILES string of the molecule is CS(=O)(=O)c1ccc(NC(=O)c2[nH]ncc2N)cc1. The van der Waals surface area contributed by atoms with E-state index in [4.69, 9.17) is 5.73 Å². The van der Waals surface area contributed by atoms with Gasteiger partial charge < -0.3 is 11.1 Å². The number of nitrogen functional groups attached to an aromatic ring is 1. The van der Waals surface area contributed by atoms with Crippen molar-refractivity contribution in [2.75, 3.05) is 17.3 Å². The van der Waals surface area contributed by atoms with E-state index in [1.165, 1.54) is 30.5 Å². The number of sulfone groups is 1. The van der Waals surface area contributed by atoms with Gasteiger partial charge >= 0.3 is 0 Å². The van der Waals surface area contributed by atoms with Gasteiger partial charge in [-0.3, -0.25) is 9.89 Å². The molecule has 0 radical (unpaired) electrons. The number of rotatable bonds is 3. The van der Waals surface area contributed by atoms with Crippen molar-refractivity contribution in [2.24, 2.45) is 0 Å². The van der Waals surface area contributed by atoms with Gasteiger partial charge in [0.1, 0.15) is 5.69 Å². The zero-order valence-electron chi connectivity index (χ0n) is 10.0. The molecule has 7 nitrogen and oxygen atoms in total. The van der Waals surface area contributed by atoms with Crippen LogP contribution in [0, 0.1) is 0 Å². The monoisotopic (exact) mass is 280 g/mol. The Kier molecular flexibility index (Phi) is 3.26. The predicted octanol–water partition coefficient (Wildman–Crippen LogP) is 0.648. The Balaban J connectivity index is 2.17. The number of amides is 1. The summed E-state index contributed by atoms with van der Waals surface area (Å²) in [5.41, 5.74) is 6.41. The zero-order chi connectivity index (χ0) is 14.0. The van der Waals surface area contributed by atoms with Crippen LogP contribution in [0.1, 0.15) is 10.5 Å². The van der Waals surface area contributed by atoms with Gasteiger partial charge in [-0.1, -0.05) is 0 Å². The normalized spacial score (nSPS) is 11.2. The summed E-state index contributed by atoms with van der Waals surface area (Å²) in [7, 11) is -3.25. The van der Waals surface area contributed by atoms with E-state index in [1.807, 2.05) is 0 Å². The van der Waals surface area contributed by atoms with E-state index < -0.39 is 15.7 Å². The molecule has 100 valence electrons. The fourth-order valence-electron chi connectivity index (χ4n) is 1.46. The van der Waals surface area contributed by atoms with Crippen molar-refractivity contribution >= 4 is 27.1 Å². The second-order valence-corrected chi connectivity index (χ2v) is 5.97. The van der Waals surface area contributed by atoms with Crippen LogP contribution in [0.25, 0.3) is 0 Å². The summed E-state index contributed by atoms with van der Waals surface area (Å²) in [5.74, 6) is -0.442. The Morgan fingerprint density at radius 3 is 2.42 bits per heavy atom. The highest BCUT2D eigenvalue weighted by Gasteiger charge is 2.12. The quantitative estimate of drug-likeness (QED) is 0.762. The van der Waals surface area contributed by atoms with Crippen LogP contribution >= 0.6 is 0 Å². The molecule has 1 amide bonds. The van der Waals surface area contributed by atoms with E-state index in [0.717, 1.165) is 6.26 Å². The van der Waals surface area contributed by atoms with Crippen molar-refractivity contribution < 1.29 is 13.2 Å². The molecule has 2 aromatic rings. The molecule has 4 N–H and O–H groups in total. The molecule has 0 aliphatic carbocycles. The molecule has 1 aromatic carbocycles. The van der Waals surface area contributed by atoms with Crippen molar-refractivity contribution in [1.82, 2.24) is 10.2 Å². The predicted molar refractivity (Wildman–Crippen MR) is 70.5 cm³/mol. The van der Waals surface area contributed by atoms with Crippen LogP contribution in [0.2, 0.25) is 0 Å². The molecular weight excluding hydrogens is 268 g/mol. The number of nitrogens with zero attached hydrogens (tertiary/aromatic N) is 1. The molecule has 0 spiro atoms. The van der Waals surface area contributed by atoms with Crippen molar-refractivity contribution in [1.29, 1.82) is 0 Å². The molecule has 0 atom stereocenters. The molecule has 19 heavy (non-hydrogen) atoms. The van der Waals surface area contributed by atoms with E-state index in [2.05, 4.69) is 15.5 Å². The number of nitrogens with one attached hydrogen (secondary N) is 2. The largest absolute Gasteiger partial charge is 0.396 e. The van der Waals surface area contributed by atoms with Gasteiger partial charge in [0.2, 0.25) is 0 Å². The number of aromatic amines is 1. The second kappa shape index (κ2) is 4.73. The summed E-state index contributed by atoms with van der Waals surface area (Å²) in [6.07, 6.45) is 2.45. The van der Waals surface area contributed by atoms with Crippen LogP contribution in [0.5, 0.6) is 0 Å². The minimum atomic E-state index is -3.25. The van der Waals surface area contributed by atoms with Crippen molar-refractivity contribution in [2.45, 2.75) is 4.90 Å². The summed E-state index contributed by atoms with van der Waals surface area (Å²) in [5, 5.41) is 8.70. The van der Waals surface area contributed by atoms with Gasteiger partial charge in [0, 0.05) is 11.9 Å². The van der Waals surface area contributed by atoms with Crippen molar-refractivity contribution in [3.63, 3.8) is 0 Å². The molecule has 0 unspecified atom stereocenters. The van der Waals surface area contributed by atoms with Gasteiger partial charge in [0.05, 0.1) is 16.8 Å². The lowest BCUT2D eigenvalue weighted by Crippen LogP contribution is -2.14. The first-order valence-electron chi connectivity index (χ1n) is 5.28. The van der Waals surface area contributed by atoms with Crippen LogP contribution in [-0.4, -0.2) is 30.8 Å². The molecule has 1 heterocycles. The van der Waals surface area contributed by atoms with Gasteiger partial charge in [-0.25, -0.2) is 8.42 Å². The number of nitrogens with two attached hydrogens (primary N) is 1. The smallest absolute Gasteiger partial charge is 0.275 e. The summed E-state index contributed by atoms with van der Waals surface area (Å²) in [4.78, 5) is 12.0. The minimum absolute atomic E-state index is 0.159. The third-order valence-electron chi connectivity index (χ3n) is 2.44. The maximum atomic E-state index is 11.8. The number of benzene rings is 1. The maximum Gasteiger partial charge on any atom is 0.275 e. The lowest BCUT2D eigenvalue weighted by atomic mass is 10.3.